The van der Waals surface area contributed by atoms with Crippen molar-refractivity contribution in [3.8, 4) is 0 Å². The zero-order valence-electron chi connectivity index (χ0n) is 13.6. The fourth-order valence-corrected chi connectivity index (χ4v) is 3.48. The van der Waals surface area contributed by atoms with Gasteiger partial charge >= 0.3 is 11.9 Å². The van der Waals surface area contributed by atoms with Crippen molar-refractivity contribution < 1.29 is 29.0 Å². The quantitative estimate of drug-likeness (QED) is 0.656. The molecule has 2 rings (SSSR count). The van der Waals surface area contributed by atoms with Crippen LogP contribution in [-0.2, 0) is 23.9 Å². The molecule has 0 saturated heterocycles. The average molecular weight is 355 g/mol. The molecule has 1 N–H and O–H groups in total. The molecular formula is C17H19ClO6. The lowest BCUT2D eigenvalue weighted by Gasteiger charge is -2.43. The number of carbonyl (C=O) groups is 3. The maximum atomic E-state index is 12.5. The van der Waals surface area contributed by atoms with Crippen LogP contribution in [0.3, 0.4) is 0 Å². The molecule has 0 aromatic heterocycles. The lowest BCUT2D eigenvalue weighted by molar-refractivity contribution is -0.170. The highest BCUT2D eigenvalue weighted by molar-refractivity contribution is 6.30. The van der Waals surface area contributed by atoms with E-state index in [-0.39, 0.29) is 6.42 Å². The van der Waals surface area contributed by atoms with Crippen molar-refractivity contribution in [2.75, 3.05) is 14.2 Å². The van der Waals surface area contributed by atoms with Gasteiger partial charge in [0, 0.05) is 17.4 Å². The Morgan fingerprint density at radius 3 is 2.21 bits per heavy atom. The molecule has 7 heteroatoms. The van der Waals surface area contributed by atoms with Crippen LogP contribution in [-0.4, -0.2) is 42.6 Å². The number of carbonyl (C=O) groups excluding carboxylic acids is 3. The first kappa shape index (κ1) is 18.4. The van der Waals surface area contributed by atoms with Gasteiger partial charge in [0.25, 0.3) is 0 Å². The highest BCUT2D eigenvalue weighted by Gasteiger charge is 2.56. The number of ether oxygens (including phenoxy) is 2. The number of halogens is 1. The SMILES string of the molecule is COC(=O)[C@H]1C(=O)C[C@@](C)(O)[C@H](C(=O)OC)[C@@H]1c1ccc(Cl)cc1. The molecule has 1 aromatic carbocycles. The topological polar surface area (TPSA) is 89.9 Å². The smallest absolute Gasteiger partial charge is 0.316 e. The van der Waals surface area contributed by atoms with E-state index in [4.69, 9.17) is 21.1 Å². The first-order valence-corrected chi connectivity index (χ1v) is 7.77. The second kappa shape index (κ2) is 6.91. The van der Waals surface area contributed by atoms with Gasteiger partial charge in [-0.05, 0) is 24.6 Å². The molecule has 0 amide bonds. The zero-order chi connectivity index (χ0) is 18.1. The van der Waals surface area contributed by atoms with Gasteiger partial charge in [0.15, 0.2) is 5.78 Å². The number of methoxy groups -OCH3 is 2. The van der Waals surface area contributed by atoms with Crippen LogP contribution in [0.1, 0.15) is 24.8 Å². The maximum absolute atomic E-state index is 12.5. The van der Waals surface area contributed by atoms with E-state index in [1.165, 1.54) is 21.1 Å². The minimum absolute atomic E-state index is 0.337. The summed E-state index contributed by atoms with van der Waals surface area (Å²) in [6, 6.07) is 6.42. The minimum Gasteiger partial charge on any atom is -0.469 e. The van der Waals surface area contributed by atoms with Crippen molar-refractivity contribution in [2.24, 2.45) is 11.8 Å². The van der Waals surface area contributed by atoms with E-state index in [1.807, 2.05) is 0 Å². The van der Waals surface area contributed by atoms with Crippen molar-refractivity contribution >= 4 is 29.3 Å². The third-order valence-corrected chi connectivity index (χ3v) is 4.68. The lowest BCUT2D eigenvalue weighted by atomic mass is 9.62. The van der Waals surface area contributed by atoms with Gasteiger partial charge in [-0.25, -0.2) is 0 Å². The van der Waals surface area contributed by atoms with E-state index in [0.29, 0.717) is 10.6 Å². The van der Waals surface area contributed by atoms with Gasteiger partial charge in [0.05, 0.1) is 25.7 Å². The maximum Gasteiger partial charge on any atom is 0.316 e. The fourth-order valence-electron chi connectivity index (χ4n) is 3.35. The third kappa shape index (κ3) is 3.30. The van der Waals surface area contributed by atoms with Crippen LogP contribution < -0.4 is 0 Å². The van der Waals surface area contributed by atoms with Crippen molar-refractivity contribution in [3.63, 3.8) is 0 Å². The van der Waals surface area contributed by atoms with Gasteiger partial charge in [-0.1, -0.05) is 23.7 Å². The Kier molecular flexibility index (Phi) is 5.30. The second-order valence-electron chi connectivity index (χ2n) is 6.08. The summed E-state index contributed by atoms with van der Waals surface area (Å²) in [5, 5.41) is 11.1. The Bertz CT molecular complexity index is 652. The number of esters is 2. The molecule has 6 nitrogen and oxygen atoms in total. The van der Waals surface area contributed by atoms with Crippen molar-refractivity contribution in [1.29, 1.82) is 0 Å². The Balaban J connectivity index is 2.63. The number of Topliss-reactive ketones (excluding diaryl/α,β-unsaturated/α-hetero) is 1. The number of hydrogen-bond donors (Lipinski definition) is 1. The summed E-state index contributed by atoms with van der Waals surface area (Å²) in [4.78, 5) is 37.0. The summed E-state index contributed by atoms with van der Waals surface area (Å²) in [6.07, 6.45) is -0.337. The predicted octanol–water partition coefficient (Wildman–Crippen LogP) is 1.73. The van der Waals surface area contributed by atoms with E-state index in [0.717, 1.165) is 0 Å². The molecule has 130 valence electrons. The summed E-state index contributed by atoms with van der Waals surface area (Å²) in [6.45, 7) is 1.39. The van der Waals surface area contributed by atoms with Crippen LogP contribution in [0.4, 0.5) is 0 Å². The Hall–Kier alpha value is -1.92. The standard InChI is InChI=1S/C17H19ClO6/c1-17(22)8-11(19)13(15(20)23-2)12(14(17)16(21)24-3)9-4-6-10(18)7-5-9/h4-7,12-14,22H,8H2,1-3H3/t12-,13+,14+,17-/m1/s1. The van der Waals surface area contributed by atoms with Crippen LogP contribution in [0.2, 0.25) is 5.02 Å². The van der Waals surface area contributed by atoms with Crippen molar-refractivity contribution in [1.82, 2.24) is 0 Å². The van der Waals surface area contributed by atoms with E-state index in [2.05, 4.69) is 0 Å². The zero-order valence-corrected chi connectivity index (χ0v) is 14.4. The summed E-state index contributed by atoms with van der Waals surface area (Å²) in [7, 11) is 2.37. The monoisotopic (exact) mass is 354 g/mol. The molecule has 0 aliphatic heterocycles. The number of benzene rings is 1. The van der Waals surface area contributed by atoms with Gasteiger partial charge in [-0.2, -0.15) is 0 Å². The van der Waals surface area contributed by atoms with E-state index in [9.17, 15) is 19.5 Å². The number of hydrogen-bond acceptors (Lipinski definition) is 6. The summed E-state index contributed by atoms with van der Waals surface area (Å²) in [5.74, 6) is -5.11. The molecule has 0 bridgehead atoms. The summed E-state index contributed by atoms with van der Waals surface area (Å²) >= 11 is 5.89. The first-order valence-electron chi connectivity index (χ1n) is 7.39. The molecule has 0 radical (unpaired) electrons. The van der Waals surface area contributed by atoms with Crippen molar-refractivity contribution in [3.05, 3.63) is 34.9 Å². The molecule has 1 fully saturated rings. The molecule has 0 unspecified atom stereocenters. The van der Waals surface area contributed by atoms with E-state index >= 15 is 0 Å². The van der Waals surface area contributed by atoms with Crippen LogP contribution >= 0.6 is 11.6 Å². The normalized spacial score (nSPS) is 29.9. The van der Waals surface area contributed by atoms with Gasteiger partial charge in [0.2, 0.25) is 0 Å². The second-order valence-corrected chi connectivity index (χ2v) is 6.52. The number of rotatable bonds is 3. The molecule has 0 spiro atoms. The molecule has 1 aliphatic carbocycles. The number of ketones is 1. The largest absolute Gasteiger partial charge is 0.469 e. The van der Waals surface area contributed by atoms with Gasteiger partial charge in [-0.15, -0.1) is 0 Å². The first-order chi connectivity index (χ1) is 11.2. The highest BCUT2D eigenvalue weighted by atomic mass is 35.5. The number of aliphatic hydroxyl groups is 1. The van der Waals surface area contributed by atoms with Crippen LogP contribution in [0.15, 0.2) is 24.3 Å². The lowest BCUT2D eigenvalue weighted by Crippen LogP contribution is -2.55. The van der Waals surface area contributed by atoms with E-state index < -0.39 is 41.1 Å². The summed E-state index contributed by atoms with van der Waals surface area (Å²) < 4.78 is 9.56. The fraction of sp³-hybridized carbons (Fsp3) is 0.471. The predicted molar refractivity (Wildman–Crippen MR) is 85.5 cm³/mol. The average Bonchev–Trinajstić information content (AvgIpc) is 2.53. The Labute approximate surface area is 144 Å². The molecule has 1 aliphatic rings. The molecule has 1 saturated carbocycles. The highest BCUT2D eigenvalue weighted by Crippen LogP contribution is 2.46. The van der Waals surface area contributed by atoms with Crippen LogP contribution in [0.5, 0.6) is 0 Å². The van der Waals surface area contributed by atoms with Crippen LogP contribution in [0.25, 0.3) is 0 Å². The Morgan fingerprint density at radius 2 is 1.71 bits per heavy atom. The van der Waals surface area contributed by atoms with Gasteiger partial charge in [0.1, 0.15) is 5.92 Å². The molecular weight excluding hydrogens is 336 g/mol. The van der Waals surface area contributed by atoms with Crippen molar-refractivity contribution in [2.45, 2.75) is 24.9 Å². The molecule has 0 heterocycles. The molecule has 1 aromatic rings. The molecule has 24 heavy (non-hydrogen) atoms. The Morgan fingerprint density at radius 1 is 1.17 bits per heavy atom. The van der Waals surface area contributed by atoms with Gasteiger partial charge in [-0.3, -0.25) is 14.4 Å². The minimum atomic E-state index is -1.64. The van der Waals surface area contributed by atoms with Gasteiger partial charge < -0.3 is 14.6 Å². The molecule has 4 atom stereocenters. The summed E-state index contributed by atoms with van der Waals surface area (Å²) in [5.41, 5.74) is -1.11. The van der Waals surface area contributed by atoms with E-state index in [1.54, 1.807) is 24.3 Å². The van der Waals surface area contributed by atoms with Crippen LogP contribution in [0, 0.1) is 11.8 Å². The third-order valence-electron chi connectivity index (χ3n) is 4.43.